The van der Waals surface area contributed by atoms with Gasteiger partial charge in [-0.3, -0.25) is 9.69 Å². The van der Waals surface area contributed by atoms with Crippen LogP contribution in [0.4, 0.5) is 0 Å². The predicted octanol–water partition coefficient (Wildman–Crippen LogP) is 1.11. The fraction of sp³-hybridized carbons (Fsp3) is 0.923. The smallest absolute Gasteiger partial charge is 0.239 e. The number of rotatable bonds is 3. The van der Waals surface area contributed by atoms with Crippen LogP contribution in [0.5, 0.6) is 0 Å². The topological polar surface area (TPSA) is 32.8 Å². The highest BCUT2D eigenvalue weighted by molar-refractivity contribution is 5.81. The summed E-state index contributed by atoms with van der Waals surface area (Å²) >= 11 is 0. The first-order chi connectivity index (χ1) is 8.22. The molecule has 0 saturated carbocycles. The van der Waals surface area contributed by atoms with Crippen LogP contribution in [0.25, 0.3) is 0 Å². The van der Waals surface area contributed by atoms with Crippen LogP contribution in [0.2, 0.25) is 0 Å². The Labute approximate surface area is 104 Å². The van der Waals surface area contributed by atoms with Crippen molar-refractivity contribution in [3.8, 4) is 0 Å². The molecule has 17 heavy (non-hydrogen) atoms. The van der Waals surface area contributed by atoms with Crippen LogP contribution in [0.3, 0.4) is 0 Å². The maximum atomic E-state index is 12.2. The number of ether oxygens (including phenoxy) is 1. The standard InChI is InChI=1S/C13H24N2O2/c1-11(13(16)15-7-3-4-8-15)14-9-5-12(17-2)6-10-14/h11-12H,3-10H2,1-2H3. The van der Waals surface area contributed by atoms with E-state index in [1.807, 2.05) is 11.8 Å². The first-order valence-corrected chi connectivity index (χ1v) is 6.78. The minimum atomic E-state index is 0.0471. The minimum Gasteiger partial charge on any atom is -0.381 e. The first kappa shape index (κ1) is 12.8. The maximum absolute atomic E-state index is 12.2. The van der Waals surface area contributed by atoms with E-state index >= 15 is 0 Å². The summed E-state index contributed by atoms with van der Waals surface area (Å²) in [6, 6.07) is 0.0471. The lowest BCUT2D eigenvalue weighted by atomic mass is 10.1. The molecule has 0 aromatic rings. The number of carbonyl (C=O) groups excluding carboxylic acids is 1. The summed E-state index contributed by atoms with van der Waals surface area (Å²) in [5.74, 6) is 0.318. The molecule has 0 radical (unpaired) electrons. The number of likely N-dealkylation sites (tertiary alicyclic amines) is 2. The molecule has 2 aliphatic heterocycles. The average molecular weight is 240 g/mol. The lowest BCUT2D eigenvalue weighted by Gasteiger charge is -2.36. The van der Waals surface area contributed by atoms with Crippen molar-refractivity contribution in [2.24, 2.45) is 0 Å². The molecule has 0 N–H and O–H groups in total. The van der Waals surface area contributed by atoms with Crippen LogP contribution in [0.15, 0.2) is 0 Å². The SMILES string of the molecule is COC1CCN(C(C)C(=O)N2CCCC2)CC1. The molecule has 2 aliphatic rings. The van der Waals surface area contributed by atoms with Gasteiger partial charge in [-0.25, -0.2) is 0 Å². The Kier molecular flexibility index (Phi) is 4.40. The highest BCUT2D eigenvalue weighted by Crippen LogP contribution is 2.18. The Morgan fingerprint density at radius 2 is 1.76 bits per heavy atom. The highest BCUT2D eigenvalue weighted by atomic mass is 16.5. The molecule has 4 nitrogen and oxygen atoms in total. The van der Waals surface area contributed by atoms with Gasteiger partial charge in [-0.05, 0) is 32.6 Å². The number of methoxy groups -OCH3 is 1. The van der Waals surface area contributed by atoms with E-state index in [1.165, 1.54) is 12.8 Å². The number of hydrogen-bond acceptors (Lipinski definition) is 3. The van der Waals surface area contributed by atoms with Gasteiger partial charge in [0.2, 0.25) is 5.91 Å². The van der Waals surface area contributed by atoms with Gasteiger partial charge in [0, 0.05) is 33.3 Å². The van der Waals surface area contributed by atoms with E-state index in [-0.39, 0.29) is 6.04 Å². The third-order valence-corrected chi connectivity index (χ3v) is 4.13. The van der Waals surface area contributed by atoms with Crippen molar-refractivity contribution >= 4 is 5.91 Å². The summed E-state index contributed by atoms with van der Waals surface area (Å²) in [6.45, 7) is 5.93. The molecule has 98 valence electrons. The molecule has 0 aromatic heterocycles. The second-order valence-corrected chi connectivity index (χ2v) is 5.18. The molecule has 4 heteroatoms. The van der Waals surface area contributed by atoms with Crippen LogP contribution >= 0.6 is 0 Å². The van der Waals surface area contributed by atoms with Crippen molar-refractivity contribution in [3.05, 3.63) is 0 Å². The van der Waals surface area contributed by atoms with Crippen LogP contribution < -0.4 is 0 Å². The highest BCUT2D eigenvalue weighted by Gasteiger charge is 2.30. The molecule has 1 atom stereocenters. The van der Waals surface area contributed by atoms with Crippen LogP contribution in [0.1, 0.15) is 32.6 Å². The van der Waals surface area contributed by atoms with Crippen molar-refractivity contribution in [3.63, 3.8) is 0 Å². The van der Waals surface area contributed by atoms with Gasteiger partial charge in [0.25, 0.3) is 0 Å². The van der Waals surface area contributed by atoms with Crippen molar-refractivity contribution in [1.82, 2.24) is 9.80 Å². The summed E-state index contributed by atoms with van der Waals surface area (Å²) in [7, 11) is 1.78. The maximum Gasteiger partial charge on any atom is 0.239 e. The first-order valence-electron chi connectivity index (χ1n) is 6.78. The largest absolute Gasteiger partial charge is 0.381 e. The van der Waals surface area contributed by atoms with Crippen molar-refractivity contribution in [1.29, 1.82) is 0 Å². The zero-order valence-corrected chi connectivity index (χ0v) is 11.0. The zero-order valence-electron chi connectivity index (χ0n) is 11.0. The number of piperidine rings is 1. The normalized spacial score (nSPS) is 25.2. The lowest BCUT2D eigenvalue weighted by molar-refractivity contribution is -0.136. The Morgan fingerprint density at radius 1 is 1.18 bits per heavy atom. The van der Waals surface area contributed by atoms with Crippen molar-refractivity contribution < 1.29 is 9.53 Å². The molecule has 1 amide bonds. The minimum absolute atomic E-state index is 0.0471. The van der Waals surface area contributed by atoms with Gasteiger partial charge in [0.1, 0.15) is 0 Å². The fourth-order valence-corrected chi connectivity index (χ4v) is 2.86. The number of amides is 1. The summed E-state index contributed by atoms with van der Waals surface area (Å²) in [5.41, 5.74) is 0. The summed E-state index contributed by atoms with van der Waals surface area (Å²) < 4.78 is 5.36. The Hall–Kier alpha value is -0.610. The van der Waals surface area contributed by atoms with E-state index in [0.717, 1.165) is 39.0 Å². The van der Waals surface area contributed by atoms with Gasteiger partial charge >= 0.3 is 0 Å². The van der Waals surface area contributed by atoms with E-state index in [1.54, 1.807) is 7.11 Å². The van der Waals surface area contributed by atoms with Gasteiger partial charge in [0.05, 0.1) is 12.1 Å². The molecule has 0 bridgehead atoms. The quantitative estimate of drug-likeness (QED) is 0.741. The van der Waals surface area contributed by atoms with Crippen LogP contribution in [-0.2, 0) is 9.53 Å². The molecule has 2 rings (SSSR count). The molecule has 0 aromatic carbocycles. The summed E-state index contributed by atoms with van der Waals surface area (Å²) in [5, 5.41) is 0. The van der Waals surface area contributed by atoms with Gasteiger partial charge in [-0.1, -0.05) is 0 Å². The molecule has 1 unspecified atom stereocenters. The van der Waals surface area contributed by atoms with Crippen molar-refractivity contribution in [2.45, 2.75) is 44.8 Å². The monoisotopic (exact) mass is 240 g/mol. The fourth-order valence-electron chi connectivity index (χ4n) is 2.86. The van der Waals surface area contributed by atoms with Gasteiger partial charge in [-0.15, -0.1) is 0 Å². The molecule has 2 fully saturated rings. The lowest BCUT2D eigenvalue weighted by Crippen LogP contribution is -2.49. The summed E-state index contributed by atoms with van der Waals surface area (Å²) in [4.78, 5) is 16.6. The van der Waals surface area contributed by atoms with Gasteiger partial charge < -0.3 is 9.64 Å². The second kappa shape index (κ2) is 5.83. The molecule has 2 heterocycles. The van der Waals surface area contributed by atoms with E-state index in [2.05, 4.69) is 4.90 Å². The van der Waals surface area contributed by atoms with Gasteiger partial charge in [0.15, 0.2) is 0 Å². The molecule has 2 saturated heterocycles. The Balaban J connectivity index is 1.83. The van der Waals surface area contributed by atoms with E-state index in [9.17, 15) is 4.79 Å². The predicted molar refractivity (Wildman–Crippen MR) is 66.9 cm³/mol. The van der Waals surface area contributed by atoms with Crippen LogP contribution in [-0.4, -0.2) is 61.1 Å². The zero-order chi connectivity index (χ0) is 12.3. The third kappa shape index (κ3) is 2.99. The van der Waals surface area contributed by atoms with E-state index in [4.69, 9.17) is 4.74 Å². The number of nitrogens with zero attached hydrogens (tertiary/aromatic N) is 2. The van der Waals surface area contributed by atoms with Gasteiger partial charge in [-0.2, -0.15) is 0 Å². The number of hydrogen-bond donors (Lipinski definition) is 0. The molecular formula is C13H24N2O2. The number of carbonyl (C=O) groups is 1. The average Bonchev–Trinajstić information content (AvgIpc) is 2.91. The molecule has 0 aliphatic carbocycles. The summed E-state index contributed by atoms with van der Waals surface area (Å²) in [6.07, 6.45) is 4.83. The van der Waals surface area contributed by atoms with E-state index in [0.29, 0.717) is 12.0 Å². The Morgan fingerprint density at radius 3 is 2.29 bits per heavy atom. The van der Waals surface area contributed by atoms with E-state index < -0.39 is 0 Å². The van der Waals surface area contributed by atoms with Crippen molar-refractivity contribution in [2.75, 3.05) is 33.3 Å². The van der Waals surface area contributed by atoms with Crippen LogP contribution in [0, 0.1) is 0 Å². The molecule has 0 spiro atoms. The molecular weight excluding hydrogens is 216 g/mol. The second-order valence-electron chi connectivity index (χ2n) is 5.18. The third-order valence-electron chi connectivity index (χ3n) is 4.13. The Bertz CT molecular complexity index is 256.